The summed E-state index contributed by atoms with van der Waals surface area (Å²) in [4.78, 5) is 6.90. The van der Waals surface area contributed by atoms with Crippen LogP contribution < -0.4 is 5.32 Å². The van der Waals surface area contributed by atoms with Gasteiger partial charge in [-0.1, -0.05) is 39.5 Å². The zero-order valence-corrected chi connectivity index (χ0v) is 14.9. The van der Waals surface area contributed by atoms with Gasteiger partial charge in [-0.2, -0.15) is 0 Å². The Bertz CT molecular complexity index is 348. The molecule has 0 bridgehead atoms. The molecule has 0 aromatic carbocycles. The van der Waals surface area contributed by atoms with Crippen molar-refractivity contribution >= 4 is 5.96 Å². The monoisotopic (exact) mass is 309 g/mol. The van der Waals surface area contributed by atoms with Gasteiger partial charge in [-0.25, -0.2) is 0 Å². The number of hydrogen-bond donors (Lipinski definition) is 1. The number of nitrogens with one attached hydrogen (secondary N) is 1. The minimum Gasteiger partial charge on any atom is -0.381 e. The maximum absolute atomic E-state index is 5.61. The second kappa shape index (κ2) is 8.76. The highest BCUT2D eigenvalue weighted by Crippen LogP contribution is 2.38. The van der Waals surface area contributed by atoms with Crippen LogP contribution in [-0.2, 0) is 4.74 Å². The average Bonchev–Trinajstić information content (AvgIpc) is 3.12. The van der Waals surface area contributed by atoms with Gasteiger partial charge >= 0.3 is 0 Å². The quantitative estimate of drug-likeness (QED) is 0.445. The first-order valence-electron chi connectivity index (χ1n) is 9.18. The molecule has 1 spiro atoms. The standard InChI is InChI=1S/C18H35N3O/c1-16(2)8-6-4-5-7-11-20-17(19-3)21-12-9-18(14-21)10-13-22-15-18/h16H,4-15H2,1-3H3,(H,19,20). The molecule has 2 aliphatic rings. The van der Waals surface area contributed by atoms with Gasteiger partial charge in [-0.15, -0.1) is 0 Å². The topological polar surface area (TPSA) is 36.9 Å². The number of unbranched alkanes of at least 4 members (excludes halogenated alkanes) is 3. The molecule has 0 aliphatic carbocycles. The number of rotatable bonds is 7. The molecule has 4 nitrogen and oxygen atoms in total. The molecule has 2 rings (SSSR count). The number of ether oxygens (including phenoxy) is 1. The van der Waals surface area contributed by atoms with Crippen molar-refractivity contribution < 1.29 is 4.74 Å². The van der Waals surface area contributed by atoms with Gasteiger partial charge in [0.2, 0.25) is 0 Å². The Kier molecular flexibility index (Phi) is 7.00. The van der Waals surface area contributed by atoms with Gasteiger partial charge < -0.3 is 15.0 Å². The van der Waals surface area contributed by atoms with E-state index >= 15 is 0 Å². The third kappa shape index (κ3) is 5.15. The van der Waals surface area contributed by atoms with E-state index in [1.165, 1.54) is 44.9 Å². The molecule has 0 aromatic heterocycles. The van der Waals surface area contributed by atoms with Gasteiger partial charge in [0, 0.05) is 38.7 Å². The fourth-order valence-electron chi connectivity index (χ4n) is 3.65. The number of aliphatic imine (C=N–C) groups is 1. The Hall–Kier alpha value is -0.770. The second-order valence-electron chi connectivity index (χ2n) is 7.54. The smallest absolute Gasteiger partial charge is 0.193 e. The van der Waals surface area contributed by atoms with Crippen LogP contribution in [0.2, 0.25) is 0 Å². The molecule has 0 radical (unpaired) electrons. The molecule has 1 unspecified atom stereocenters. The summed E-state index contributed by atoms with van der Waals surface area (Å²) in [7, 11) is 1.90. The molecule has 0 amide bonds. The Labute approximate surface area is 136 Å². The normalized spacial score (nSPS) is 25.6. The van der Waals surface area contributed by atoms with E-state index in [4.69, 9.17) is 4.74 Å². The molecule has 0 saturated carbocycles. The highest BCUT2D eigenvalue weighted by atomic mass is 16.5. The van der Waals surface area contributed by atoms with Gasteiger partial charge in [0.15, 0.2) is 5.96 Å². The zero-order valence-electron chi connectivity index (χ0n) is 14.9. The summed E-state index contributed by atoms with van der Waals surface area (Å²) in [5, 5.41) is 3.55. The lowest BCUT2D eigenvalue weighted by Crippen LogP contribution is -2.41. The lowest BCUT2D eigenvalue weighted by atomic mass is 9.87. The summed E-state index contributed by atoms with van der Waals surface area (Å²) >= 11 is 0. The lowest BCUT2D eigenvalue weighted by Gasteiger charge is -2.25. The third-order valence-corrected chi connectivity index (χ3v) is 5.13. The molecule has 1 N–H and O–H groups in total. The first-order valence-corrected chi connectivity index (χ1v) is 9.18. The SMILES string of the molecule is CN=C(NCCCCCCC(C)C)N1CCC2(CCOC2)C1. The van der Waals surface area contributed by atoms with Gasteiger partial charge in [-0.3, -0.25) is 4.99 Å². The maximum Gasteiger partial charge on any atom is 0.193 e. The first-order chi connectivity index (χ1) is 10.7. The van der Waals surface area contributed by atoms with Crippen LogP contribution in [-0.4, -0.2) is 50.8 Å². The van der Waals surface area contributed by atoms with Crippen LogP contribution in [0.15, 0.2) is 4.99 Å². The van der Waals surface area contributed by atoms with E-state index in [1.54, 1.807) is 0 Å². The van der Waals surface area contributed by atoms with Crippen molar-refractivity contribution in [1.29, 1.82) is 0 Å². The van der Waals surface area contributed by atoms with Gasteiger partial charge in [0.1, 0.15) is 0 Å². The molecule has 2 heterocycles. The summed E-state index contributed by atoms with van der Waals surface area (Å²) in [6.45, 7) is 9.78. The van der Waals surface area contributed by atoms with E-state index in [-0.39, 0.29) is 0 Å². The highest BCUT2D eigenvalue weighted by molar-refractivity contribution is 5.80. The Morgan fingerprint density at radius 3 is 2.73 bits per heavy atom. The third-order valence-electron chi connectivity index (χ3n) is 5.13. The van der Waals surface area contributed by atoms with Crippen LogP contribution in [0, 0.1) is 11.3 Å². The summed E-state index contributed by atoms with van der Waals surface area (Å²) in [6.07, 6.45) is 9.16. The molecule has 128 valence electrons. The fourth-order valence-corrected chi connectivity index (χ4v) is 3.65. The minimum atomic E-state index is 0.411. The Morgan fingerprint density at radius 1 is 1.23 bits per heavy atom. The van der Waals surface area contributed by atoms with E-state index in [0.29, 0.717) is 5.41 Å². The van der Waals surface area contributed by atoms with Crippen LogP contribution >= 0.6 is 0 Å². The van der Waals surface area contributed by atoms with Crippen molar-refractivity contribution in [3.63, 3.8) is 0 Å². The predicted octanol–water partition coefficient (Wildman–Crippen LogP) is 3.28. The molecule has 22 heavy (non-hydrogen) atoms. The van der Waals surface area contributed by atoms with Crippen LogP contribution in [0.3, 0.4) is 0 Å². The van der Waals surface area contributed by atoms with E-state index in [0.717, 1.165) is 44.7 Å². The average molecular weight is 309 g/mol. The van der Waals surface area contributed by atoms with Crippen LogP contribution in [0.5, 0.6) is 0 Å². The molecule has 2 fully saturated rings. The number of likely N-dealkylation sites (tertiary alicyclic amines) is 1. The van der Waals surface area contributed by atoms with E-state index in [9.17, 15) is 0 Å². The van der Waals surface area contributed by atoms with E-state index < -0.39 is 0 Å². The van der Waals surface area contributed by atoms with Crippen molar-refractivity contribution in [3.8, 4) is 0 Å². The predicted molar refractivity (Wildman–Crippen MR) is 93.3 cm³/mol. The molecule has 0 aromatic rings. The van der Waals surface area contributed by atoms with E-state index in [1.807, 2.05) is 7.05 Å². The summed E-state index contributed by atoms with van der Waals surface area (Å²) < 4.78 is 5.61. The zero-order chi connectivity index (χ0) is 15.8. The van der Waals surface area contributed by atoms with Gasteiger partial charge in [0.05, 0.1) is 6.61 Å². The number of nitrogens with zero attached hydrogens (tertiary/aromatic N) is 2. The molecular weight excluding hydrogens is 274 g/mol. The van der Waals surface area contributed by atoms with Crippen molar-refractivity contribution in [3.05, 3.63) is 0 Å². The lowest BCUT2D eigenvalue weighted by molar-refractivity contribution is 0.156. The number of guanidine groups is 1. The van der Waals surface area contributed by atoms with Crippen LogP contribution in [0.1, 0.15) is 58.8 Å². The highest BCUT2D eigenvalue weighted by Gasteiger charge is 2.42. The molecule has 1 atom stereocenters. The largest absolute Gasteiger partial charge is 0.381 e. The second-order valence-corrected chi connectivity index (χ2v) is 7.54. The maximum atomic E-state index is 5.61. The Balaban J connectivity index is 1.60. The Morgan fingerprint density at radius 2 is 2.05 bits per heavy atom. The molecule has 2 aliphatic heterocycles. The summed E-state index contributed by atoms with van der Waals surface area (Å²) in [5.74, 6) is 1.94. The van der Waals surface area contributed by atoms with E-state index in [2.05, 4.69) is 29.1 Å². The van der Waals surface area contributed by atoms with Crippen LogP contribution in [0.4, 0.5) is 0 Å². The summed E-state index contributed by atoms with van der Waals surface area (Å²) in [5.41, 5.74) is 0.411. The fraction of sp³-hybridized carbons (Fsp3) is 0.944. The summed E-state index contributed by atoms with van der Waals surface area (Å²) in [6, 6.07) is 0. The first kappa shape index (κ1) is 17.6. The van der Waals surface area contributed by atoms with Crippen LogP contribution in [0.25, 0.3) is 0 Å². The molecular formula is C18H35N3O. The van der Waals surface area contributed by atoms with Crippen molar-refractivity contribution in [2.75, 3.05) is 39.9 Å². The minimum absolute atomic E-state index is 0.411. The number of hydrogen-bond acceptors (Lipinski definition) is 2. The molecule has 4 heteroatoms. The molecule has 2 saturated heterocycles. The van der Waals surface area contributed by atoms with Crippen molar-refractivity contribution in [2.24, 2.45) is 16.3 Å². The van der Waals surface area contributed by atoms with Gasteiger partial charge in [0.25, 0.3) is 0 Å². The van der Waals surface area contributed by atoms with Gasteiger partial charge in [-0.05, 0) is 25.2 Å². The van der Waals surface area contributed by atoms with Crippen molar-refractivity contribution in [2.45, 2.75) is 58.8 Å². The van der Waals surface area contributed by atoms with Crippen molar-refractivity contribution in [1.82, 2.24) is 10.2 Å².